The number of halogens is 2. The van der Waals surface area contributed by atoms with E-state index in [2.05, 4.69) is 32.1 Å². The van der Waals surface area contributed by atoms with Crippen molar-refractivity contribution in [2.24, 2.45) is 0 Å². The van der Waals surface area contributed by atoms with Gasteiger partial charge >= 0.3 is 0 Å². The van der Waals surface area contributed by atoms with Gasteiger partial charge in [0.15, 0.2) is 0 Å². The van der Waals surface area contributed by atoms with E-state index < -0.39 is 11.8 Å². The molecule has 8 heteroatoms. The van der Waals surface area contributed by atoms with Crippen molar-refractivity contribution in [1.29, 1.82) is 0 Å². The lowest BCUT2D eigenvalue weighted by Gasteiger charge is -2.08. The summed E-state index contributed by atoms with van der Waals surface area (Å²) in [6.07, 6.45) is 0. The molecule has 0 saturated carbocycles. The molecule has 0 radical (unpaired) electrons. The molecule has 2 rings (SSSR count). The average Bonchev–Trinajstić information content (AvgIpc) is 2.58. The number of benzene rings is 2. The number of hydrogen-bond acceptors (Lipinski definition) is 3. The molecule has 0 saturated heterocycles. The third kappa shape index (κ3) is 5.36. The molecule has 0 aliphatic heterocycles. The number of carbonyl (C=O) groups is 3. The number of nitrogens with one attached hydrogen (secondary N) is 3. The van der Waals surface area contributed by atoms with Crippen molar-refractivity contribution in [3.63, 3.8) is 0 Å². The third-order valence-electron chi connectivity index (χ3n) is 2.94. The molecular formula is C16H13BrClN3O3. The quantitative estimate of drug-likeness (QED) is 0.676. The van der Waals surface area contributed by atoms with Crippen LogP contribution in [0.3, 0.4) is 0 Å². The molecule has 0 bridgehead atoms. The van der Waals surface area contributed by atoms with Crippen molar-refractivity contribution in [2.45, 2.75) is 0 Å². The highest BCUT2D eigenvalue weighted by Crippen LogP contribution is 2.10. The Morgan fingerprint density at radius 2 is 1.38 bits per heavy atom. The van der Waals surface area contributed by atoms with E-state index in [1.807, 2.05) is 0 Å². The molecule has 0 spiro atoms. The third-order valence-corrected chi connectivity index (χ3v) is 3.72. The Balaban J connectivity index is 1.77. The second kappa shape index (κ2) is 8.47. The van der Waals surface area contributed by atoms with E-state index in [9.17, 15) is 14.4 Å². The van der Waals surface area contributed by atoms with Crippen molar-refractivity contribution in [2.75, 3.05) is 6.54 Å². The Morgan fingerprint density at radius 3 is 2.00 bits per heavy atom. The molecule has 0 atom stereocenters. The molecule has 0 fully saturated rings. The van der Waals surface area contributed by atoms with Crippen LogP contribution < -0.4 is 16.2 Å². The zero-order valence-corrected chi connectivity index (χ0v) is 14.6. The lowest BCUT2D eigenvalue weighted by Crippen LogP contribution is -2.46. The second-order valence-electron chi connectivity index (χ2n) is 4.70. The highest BCUT2D eigenvalue weighted by Gasteiger charge is 2.10. The van der Waals surface area contributed by atoms with E-state index in [1.165, 1.54) is 12.1 Å². The fourth-order valence-corrected chi connectivity index (χ4v) is 2.10. The summed E-state index contributed by atoms with van der Waals surface area (Å²) >= 11 is 9.00. The molecule has 3 N–H and O–H groups in total. The van der Waals surface area contributed by atoms with Gasteiger partial charge in [-0.3, -0.25) is 25.2 Å². The summed E-state index contributed by atoms with van der Waals surface area (Å²) in [6, 6.07) is 12.9. The highest BCUT2D eigenvalue weighted by molar-refractivity contribution is 9.10. The van der Waals surface area contributed by atoms with Gasteiger partial charge in [-0.2, -0.15) is 0 Å². The lowest BCUT2D eigenvalue weighted by atomic mass is 10.2. The van der Waals surface area contributed by atoms with E-state index in [0.29, 0.717) is 16.1 Å². The summed E-state index contributed by atoms with van der Waals surface area (Å²) in [7, 11) is 0. The van der Waals surface area contributed by atoms with Crippen molar-refractivity contribution >= 4 is 45.3 Å². The van der Waals surface area contributed by atoms with Gasteiger partial charge in [-0.1, -0.05) is 27.5 Å². The minimum absolute atomic E-state index is 0.268. The summed E-state index contributed by atoms with van der Waals surface area (Å²) in [5.41, 5.74) is 5.24. The van der Waals surface area contributed by atoms with E-state index in [1.54, 1.807) is 36.4 Å². The van der Waals surface area contributed by atoms with Crippen LogP contribution in [-0.4, -0.2) is 24.3 Å². The van der Waals surface area contributed by atoms with E-state index in [4.69, 9.17) is 11.6 Å². The predicted octanol–water partition coefficient (Wildman–Crippen LogP) is 2.29. The van der Waals surface area contributed by atoms with Gasteiger partial charge in [-0.15, -0.1) is 0 Å². The number of rotatable bonds is 4. The van der Waals surface area contributed by atoms with Crippen LogP contribution in [0.25, 0.3) is 0 Å². The maximum Gasteiger partial charge on any atom is 0.269 e. The van der Waals surface area contributed by atoms with Crippen LogP contribution in [0.1, 0.15) is 20.7 Å². The average molecular weight is 411 g/mol. The predicted molar refractivity (Wildman–Crippen MR) is 93.5 cm³/mol. The molecule has 24 heavy (non-hydrogen) atoms. The normalized spacial score (nSPS) is 9.92. The first-order valence-electron chi connectivity index (χ1n) is 6.84. The number of carbonyl (C=O) groups excluding carboxylic acids is 3. The number of hydrogen-bond donors (Lipinski definition) is 3. The number of amides is 3. The second-order valence-corrected chi connectivity index (χ2v) is 6.05. The van der Waals surface area contributed by atoms with Gasteiger partial charge < -0.3 is 5.32 Å². The molecule has 2 aromatic carbocycles. The van der Waals surface area contributed by atoms with Crippen LogP contribution in [0.4, 0.5) is 0 Å². The standard InChI is InChI=1S/C16H13BrClN3O3/c17-12-5-1-10(2-6-12)15(23)19-9-14(22)20-21-16(24)11-3-7-13(18)8-4-11/h1-8H,9H2,(H,19,23)(H,20,22)(H,21,24). The first-order chi connectivity index (χ1) is 11.5. The van der Waals surface area contributed by atoms with Gasteiger partial charge in [0.05, 0.1) is 6.54 Å². The zero-order valence-electron chi connectivity index (χ0n) is 12.3. The molecule has 0 heterocycles. The maximum atomic E-state index is 11.8. The molecule has 0 aliphatic rings. The summed E-state index contributed by atoms with van der Waals surface area (Å²) in [5.74, 6) is -1.43. The van der Waals surface area contributed by atoms with Crippen molar-refractivity contribution < 1.29 is 14.4 Å². The molecule has 0 aromatic heterocycles. The van der Waals surface area contributed by atoms with Crippen LogP contribution in [0.2, 0.25) is 5.02 Å². The van der Waals surface area contributed by atoms with Gasteiger partial charge in [0.1, 0.15) is 0 Å². The Hall–Kier alpha value is -2.38. The zero-order chi connectivity index (χ0) is 17.5. The summed E-state index contributed by atoms with van der Waals surface area (Å²) in [6.45, 7) is -0.268. The fraction of sp³-hybridized carbons (Fsp3) is 0.0625. The van der Waals surface area contributed by atoms with Gasteiger partial charge in [0.25, 0.3) is 17.7 Å². The van der Waals surface area contributed by atoms with Gasteiger partial charge in [0.2, 0.25) is 0 Å². The van der Waals surface area contributed by atoms with Crippen molar-refractivity contribution in [1.82, 2.24) is 16.2 Å². The van der Waals surface area contributed by atoms with Crippen LogP contribution in [-0.2, 0) is 4.79 Å². The monoisotopic (exact) mass is 409 g/mol. The van der Waals surface area contributed by atoms with Crippen LogP contribution in [0, 0.1) is 0 Å². The van der Waals surface area contributed by atoms with Gasteiger partial charge in [-0.05, 0) is 48.5 Å². The van der Waals surface area contributed by atoms with Crippen LogP contribution >= 0.6 is 27.5 Å². The Bertz CT molecular complexity index is 685. The SMILES string of the molecule is O=C(CNC(=O)c1ccc(Br)cc1)NNC(=O)c1ccc(Cl)cc1. The van der Waals surface area contributed by atoms with Gasteiger partial charge in [0, 0.05) is 20.6 Å². The molecule has 6 nitrogen and oxygen atoms in total. The Morgan fingerprint density at radius 1 is 0.833 bits per heavy atom. The Labute approximate surface area is 151 Å². The lowest BCUT2D eigenvalue weighted by molar-refractivity contribution is -0.120. The van der Waals surface area contributed by atoms with E-state index in [-0.39, 0.29) is 12.5 Å². The molecule has 0 unspecified atom stereocenters. The topological polar surface area (TPSA) is 87.3 Å². The van der Waals surface area contributed by atoms with Crippen LogP contribution in [0.5, 0.6) is 0 Å². The minimum atomic E-state index is -0.553. The number of hydrazine groups is 1. The highest BCUT2D eigenvalue weighted by atomic mass is 79.9. The first kappa shape index (κ1) is 18.0. The van der Waals surface area contributed by atoms with Crippen molar-refractivity contribution in [3.05, 3.63) is 69.2 Å². The molecule has 0 aliphatic carbocycles. The smallest absolute Gasteiger partial charge is 0.269 e. The van der Waals surface area contributed by atoms with E-state index in [0.717, 1.165) is 4.47 Å². The molecule has 2 aromatic rings. The maximum absolute atomic E-state index is 11.8. The van der Waals surface area contributed by atoms with Crippen LogP contribution in [0.15, 0.2) is 53.0 Å². The molecule has 3 amide bonds. The molecule has 124 valence electrons. The molecular weight excluding hydrogens is 398 g/mol. The first-order valence-corrected chi connectivity index (χ1v) is 8.01. The van der Waals surface area contributed by atoms with Crippen molar-refractivity contribution in [3.8, 4) is 0 Å². The van der Waals surface area contributed by atoms with Gasteiger partial charge in [-0.25, -0.2) is 0 Å². The summed E-state index contributed by atoms with van der Waals surface area (Å²) < 4.78 is 0.849. The summed E-state index contributed by atoms with van der Waals surface area (Å²) in [5, 5.41) is 2.96. The summed E-state index contributed by atoms with van der Waals surface area (Å²) in [4.78, 5) is 35.3. The fourth-order valence-electron chi connectivity index (χ4n) is 1.71. The largest absolute Gasteiger partial charge is 0.343 e. The Kier molecular flexibility index (Phi) is 6.34. The van der Waals surface area contributed by atoms with E-state index >= 15 is 0 Å². The minimum Gasteiger partial charge on any atom is -0.343 e.